The van der Waals surface area contributed by atoms with Gasteiger partial charge >= 0.3 is 0 Å². The fourth-order valence-electron chi connectivity index (χ4n) is 4.04. The number of hydrogen-bond donors (Lipinski definition) is 2. The van der Waals surface area contributed by atoms with E-state index in [-0.39, 0.29) is 30.6 Å². The van der Waals surface area contributed by atoms with E-state index in [9.17, 15) is 5.11 Å². The molecule has 4 aromatic rings. The number of piperazine rings is 1. The maximum Gasteiger partial charge on any atom is 0.245 e. The van der Waals surface area contributed by atoms with Crippen LogP contribution in [0, 0.1) is 12.8 Å². The molecule has 1 saturated heterocycles. The van der Waals surface area contributed by atoms with Crippen molar-refractivity contribution in [2.45, 2.75) is 26.8 Å². The summed E-state index contributed by atoms with van der Waals surface area (Å²) in [7, 11) is 0. The molecule has 0 bridgehead atoms. The summed E-state index contributed by atoms with van der Waals surface area (Å²) < 4.78 is 1.73. The molecule has 34 heavy (non-hydrogen) atoms. The van der Waals surface area contributed by atoms with Crippen LogP contribution in [-0.2, 0) is 0 Å². The summed E-state index contributed by atoms with van der Waals surface area (Å²) in [5.41, 5.74) is 3.73. The van der Waals surface area contributed by atoms with Gasteiger partial charge in [-0.15, -0.1) is 35.0 Å². The lowest BCUT2D eigenvalue weighted by atomic mass is 10.0. The number of aromatic nitrogens is 6. The number of nitrogens with zero attached hydrogens (tertiary/aromatic N) is 7. The number of benzene rings is 1. The summed E-state index contributed by atoms with van der Waals surface area (Å²) in [4.78, 5) is 11.1. The number of halogens is 2. The Morgan fingerprint density at radius 2 is 1.88 bits per heavy atom. The van der Waals surface area contributed by atoms with Crippen LogP contribution in [0.1, 0.15) is 19.7 Å². The average Bonchev–Trinajstić information content (AvgIpc) is 3.18. The summed E-state index contributed by atoms with van der Waals surface area (Å²) in [6.07, 6.45) is 3.54. The van der Waals surface area contributed by atoms with Gasteiger partial charge < -0.3 is 15.3 Å². The van der Waals surface area contributed by atoms with Gasteiger partial charge in [-0.05, 0) is 48.2 Å². The van der Waals surface area contributed by atoms with E-state index in [0.717, 1.165) is 42.2 Å². The van der Waals surface area contributed by atoms with Crippen molar-refractivity contribution in [3.8, 4) is 28.1 Å². The van der Waals surface area contributed by atoms with Crippen LogP contribution in [0.4, 0.5) is 5.95 Å². The van der Waals surface area contributed by atoms with E-state index in [4.69, 9.17) is 0 Å². The van der Waals surface area contributed by atoms with E-state index >= 15 is 0 Å². The minimum absolute atomic E-state index is 0. The molecule has 1 aliphatic heterocycles. The number of hydrogen-bond acceptors (Lipinski definition) is 8. The lowest BCUT2D eigenvalue weighted by molar-refractivity contribution is 0.365. The lowest BCUT2D eigenvalue weighted by Gasteiger charge is -2.35. The Kier molecular flexibility index (Phi) is 7.91. The van der Waals surface area contributed by atoms with Crippen LogP contribution < -0.4 is 10.2 Å². The van der Waals surface area contributed by atoms with Crippen molar-refractivity contribution in [3.63, 3.8) is 0 Å². The van der Waals surface area contributed by atoms with Gasteiger partial charge in [-0.25, -0.2) is 14.5 Å². The standard InChI is InChI=1S/C23H26N8O.2ClH/c1-14(2)20-13-30(9-7-24-20)23-25-12-19(27-28-23)18-5-4-16(10-21(18)32)17-6-8-31-22(11-17)26-15(3)29-31;;/h4-6,8,10-12,14,20,24,32H,7,9,13H2,1-3H3;2*1H/t20-;;/m1../s1. The highest BCUT2D eigenvalue weighted by molar-refractivity contribution is 5.85. The summed E-state index contributed by atoms with van der Waals surface area (Å²) >= 11 is 0. The van der Waals surface area contributed by atoms with Crippen LogP contribution in [0.3, 0.4) is 0 Å². The van der Waals surface area contributed by atoms with Gasteiger partial charge in [0.2, 0.25) is 5.95 Å². The highest BCUT2D eigenvalue weighted by Gasteiger charge is 2.23. The topological polar surface area (TPSA) is 104 Å². The van der Waals surface area contributed by atoms with Crippen LogP contribution in [-0.4, -0.2) is 60.6 Å². The molecule has 2 N–H and O–H groups in total. The minimum Gasteiger partial charge on any atom is -0.507 e. The van der Waals surface area contributed by atoms with Crippen LogP contribution >= 0.6 is 24.8 Å². The summed E-state index contributed by atoms with van der Waals surface area (Å²) in [5.74, 6) is 2.00. The lowest BCUT2D eigenvalue weighted by Crippen LogP contribution is -2.53. The summed E-state index contributed by atoms with van der Waals surface area (Å²) in [6.45, 7) is 8.88. The molecule has 4 heterocycles. The number of phenols is 1. The van der Waals surface area contributed by atoms with Gasteiger partial charge in [0.15, 0.2) is 5.65 Å². The molecule has 9 nitrogen and oxygen atoms in total. The first-order chi connectivity index (χ1) is 15.5. The second kappa shape index (κ2) is 10.5. The van der Waals surface area contributed by atoms with E-state index in [1.165, 1.54) is 0 Å². The smallest absolute Gasteiger partial charge is 0.245 e. The van der Waals surface area contributed by atoms with Gasteiger partial charge in [-0.1, -0.05) is 19.9 Å². The second-order valence-electron chi connectivity index (χ2n) is 8.50. The summed E-state index contributed by atoms with van der Waals surface area (Å²) in [5, 5.41) is 27.2. The Morgan fingerprint density at radius 3 is 2.59 bits per heavy atom. The van der Waals surface area contributed by atoms with Crippen molar-refractivity contribution in [3.05, 3.63) is 48.5 Å². The molecule has 0 saturated carbocycles. The number of phenolic OH excluding ortho intramolecular Hbond substituents is 1. The zero-order valence-corrected chi connectivity index (χ0v) is 20.8. The zero-order valence-electron chi connectivity index (χ0n) is 19.2. The molecule has 1 aromatic carbocycles. The monoisotopic (exact) mass is 502 g/mol. The Labute approximate surface area is 210 Å². The average molecular weight is 503 g/mol. The van der Waals surface area contributed by atoms with Gasteiger partial charge in [0.1, 0.15) is 17.3 Å². The van der Waals surface area contributed by atoms with E-state index in [2.05, 4.69) is 49.3 Å². The molecule has 0 spiro atoms. The number of rotatable bonds is 4. The number of nitrogens with one attached hydrogen (secondary N) is 1. The SMILES string of the molecule is Cc1nc2cc(-c3ccc(-c4cnc(N5CCN[C@@H](C(C)C)C5)nn4)c(O)c3)ccn2n1.Cl.Cl. The molecule has 1 fully saturated rings. The fraction of sp³-hybridized carbons (Fsp3) is 0.348. The second-order valence-corrected chi connectivity index (χ2v) is 8.50. The van der Waals surface area contributed by atoms with Gasteiger partial charge in [0.05, 0.1) is 6.20 Å². The Morgan fingerprint density at radius 1 is 1.09 bits per heavy atom. The molecule has 0 aliphatic carbocycles. The molecule has 11 heteroatoms. The van der Waals surface area contributed by atoms with Crippen LogP contribution in [0.25, 0.3) is 28.0 Å². The predicted octanol–water partition coefficient (Wildman–Crippen LogP) is 3.54. The van der Waals surface area contributed by atoms with E-state index in [1.54, 1.807) is 16.8 Å². The van der Waals surface area contributed by atoms with Gasteiger partial charge in [-0.2, -0.15) is 5.10 Å². The van der Waals surface area contributed by atoms with Crippen molar-refractivity contribution in [2.24, 2.45) is 5.92 Å². The first kappa shape index (κ1) is 25.6. The fourth-order valence-corrected chi connectivity index (χ4v) is 4.04. The molecular weight excluding hydrogens is 475 g/mol. The third-order valence-electron chi connectivity index (χ3n) is 5.89. The Balaban J connectivity index is 0.00000162. The van der Waals surface area contributed by atoms with Crippen LogP contribution in [0.5, 0.6) is 5.75 Å². The number of aryl methyl sites for hydroxylation is 1. The summed E-state index contributed by atoms with van der Waals surface area (Å²) in [6, 6.07) is 9.82. The Bertz CT molecular complexity index is 1260. The largest absolute Gasteiger partial charge is 0.507 e. The molecule has 5 rings (SSSR count). The molecule has 0 amide bonds. The molecule has 0 radical (unpaired) electrons. The van der Waals surface area contributed by atoms with Crippen molar-refractivity contribution in [1.29, 1.82) is 0 Å². The third kappa shape index (κ3) is 5.06. The van der Waals surface area contributed by atoms with Crippen molar-refractivity contribution < 1.29 is 5.11 Å². The molecule has 3 aromatic heterocycles. The maximum atomic E-state index is 10.7. The maximum absolute atomic E-state index is 10.7. The van der Waals surface area contributed by atoms with E-state index < -0.39 is 0 Å². The minimum atomic E-state index is 0. The van der Waals surface area contributed by atoms with Gasteiger partial charge in [0.25, 0.3) is 0 Å². The molecular formula is C23H28Cl2N8O. The van der Waals surface area contributed by atoms with Gasteiger partial charge in [-0.3, -0.25) is 0 Å². The van der Waals surface area contributed by atoms with Gasteiger partial charge in [0, 0.05) is 37.4 Å². The van der Waals surface area contributed by atoms with E-state index in [0.29, 0.717) is 29.2 Å². The molecule has 1 aliphatic rings. The van der Waals surface area contributed by atoms with E-state index in [1.807, 2.05) is 37.4 Å². The van der Waals surface area contributed by atoms with Crippen LogP contribution in [0.2, 0.25) is 0 Å². The van der Waals surface area contributed by atoms with Crippen LogP contribution in [0.15, 0.2) is 42.7 Å². The number of anilines is 1. The highest BCUT2D eigenvalue weighted by atomic mass is 35.5. The zero-order chi connectivity index (χ0) is 22.2. The number of pyridine rings is 1. The van der Waals surface area contributed by atoms with Crippen molar-refractivity contribution in [1.82, 2.24) is 35.1 Å². The molecule has 0 unspecified atom stereocenters. The normalized spacial score (nSPS) is 15.8. The molecule has 180 valence electrons. The van der Waals surface area contributed by atoms with Crippen molar-refractivity contribution >= 4 is 36.4 Å². The quantitative estimate of drug-likeness (QED) is 0.436. The first-order valence-corrected chi connectivity index (χ1v) is 10.8. The molecule has 1 atom stereocenters. The number of aromatic hydroxyl groups is 1. The third-order valence-corrected chi connectivity index (χ3v) is 5.89. The number of fused-ring (bicyclic) bond motifs is 1. The Hall–Kier alpha value is -3.01. The predicted molar refractivity (Wildman–Crippen MR) is 137 cm³/mol. The first-order valence-electron chi connectivity index (χ1n) is 10.8. The highest BCUT2D eigenvalue weighted by Crippen LogP contribution is 2.32. The van der Waals surface area contributed by atoms with Crippen molar-refractivity contribution in [2.75, 3.05) is 24.5 Å².